The molecule has 0 radical (unpaired) electrons. The lowest BCUT2D eigenvalue weighted by Crippen LogP contribution is -2.22. The van der Waals surface area contributed by atoms with Crippen molar-refractivity contribution in [1.82, 2.24) is 0 Å². The van der Waals surface area contributed by atoms with Crippen molar-refractivity contribution in [3.05, 3.63) is 65.2 Å². The second-order valence-electron chi connectivity index (χ2n) is 4.67. The third-order valence-electron chi connectivity index (χ3n) is 3.18. The topological polar surface area (TPSA) is 29.3 Å². The molecule has 2 aromatic rings. The standard InChI is InChI=1S/C16H18F2N2/c1-2-20(16-5-3-4-14(17)9-16)11-13-6-12(10-19)7-15(18)8-13/h3-9H,2,10-11,19H2,1H3. The summed E-state index contributed by atoms with van der Waals surface area (Å²) in [7, 11) is 0. The zero-order valence-corrected chi connectivity index (χ0v) is 11.4. The minimum absolute atomic E-state index is 0.275. The van der Waals surface area contributed by atoms with Gasteiger partial charge in [-0.25, -0.2) is 8.78 Å². The smallest absolute Gasteiger partial charge is 0.125 e. The molecule has 0 saturated carbocycles. The maximum Gasteiger partial charge on any atom is 0.125 e. The van der Waals surface area contributed by atoms with Crippen molar-refractivity contribution in [2.45, 2.75) is 20.0 Å². The van der Waals surface area contributed by atoms with E-state index in [-0.39, 0.29) is 11.6 Å². The molecule has 0 fully saturated rings. The van der Waals surface area contributed by atoms with Crippen molar-refractivity contribution >= 4 is 5.69 Å². The van der Waals surface area contributed by atoms with Gasteiger partial charge >= 0.3 is 0 Å². The number of nitrogens with two attached hydrogens (primary N) is 1. The molecule has 2 N–H and O–H groups in total. The van der Waals surface area contributed by atoms with E-state index in [4.69, 9.17) is 5.73 Å². The van der Waals surface area contributed by atoms with Gasteiger partial charge < -0.3 is 10.6 Å². The van der Waals surface area contributed by atoms with Crippen molar-refractivity contribution in [2.75, 3.05) is 11.4 Å². The van der Waals surface area contributed by atoms with Gasteiger partial charge in [-0.3, -0.25) is 0 Å². The van der Waals surface area contributed by atoms with E-state index in [1.807, 2.05) is 24.0 Å². The summed E-state index contributed by atoms with van der Waals surface area (Å²) < 4.78 is 26.8. The molecule has 0 saturated heterocycles. The molecule has 0 heterocycles. The molecule has 0 bridgehead atoms. The summed E-state index contributed by atoms with van der Waals surface area (Å²) in [5.41, 5.74) is 7.93. The molecule has 0 aliphatic rings. The van der Waals surface area contributed by atoms with E-state index in [0.717, 1.165) is 16.8 Å². The van der Waals surface area contributed by atoms with Crippen LogP contribution in [0.15, 0.2) is 42.5 Å². The van der Waals surface area contributed by atoms with Crippen LogP contribution in [0, 0.1) is 11.6 Å². The minimum Gasteiger partial charge on any atom is -0.367 e. The summed E-state index contributed by atoms with van der Waals surface area (Å²) in [6.45, 7) is 3.51. The van der Waals surface area contributed by atoms with E-state index < -0.39 is 0 Å². The molecule has 0 amide bonds. The fourth-order valence-electron chi connectivity index (χ4n) is 2.21. The second kappa shape index (κ2) is 6.48. The van der Waals surface area contributed by atoms with Crippen LogP contribution in [-0.4, -0.2) is 6.54 Å². The van der Waals surface area contributed by atoms with E-state index in [1.165, 1.54) is 24.3 Å². The normalized spacial score (nSPS) is 10.6. The first kappa shape index (κ1) is 14.5. The maximum absolute atomic E-state index is 13.5. The molecule has 2 nitrogen and oxygen atoms in total. The third kappa shape index (κ3) is 3.54. The zero-order chi connectivity index (χ0) is 14.5. The van der Waals surface area contributed by atoms with E-state index in [9.17, 15) is 8.78 Å². The lowest BCUT2D eigenvalue weighted by Gasteiger charge is -2.23. The Morgan fingerprint density at radius 1 is 1.00 bits per heavy atom. The van der Waals surface area contributed by atoms with Crippen molar-refractivity contribution < 1.29 is 8.78 Å². The SMILES string of the molecule is CCN(Cc1cc(F)cc(CN)c1)c1cccc(F)c1. The average Bonchev–Trinajstić information content (AvgIpc) is 2.44. The monoisotopic (exact) mass is 276 g/mol. The Morgan fingerprint density at radius 2 is 1.75 bits per heavy atom. The van der Waals surface area contributed by atoms with Gasteiger partial charge in [0, 0.05) is 25.3 Å². The summed E-state index contributed by atoms with van der Waals surface area (Å²) in [6, 6.07) is 11.2. The van der Waals surface area contributed by atoms with Crippen molar-refractivity contribution in [3.8, 4) is 0 Å². The number of rotatable bonds is 5. The van der Waals surface area contributed by atoms with Gasteiger partial charge in [-0.05, 0) is 48.4 Å². The summed E-state index contributed by atoms with van der Waals surface area (Å²) in [6.07, 6.45) is 0. The molecule has 0 aromatic heterocycles. The first-order chi connectivity index (χ1) is 9.62. The quantitative estimate of drug-likeness (QED) is 0.906. The lowest BCUT2D eigenvalue weighted by atomic mass is 10.1. The van der Waals surface area contributed by atoms with Crippen LogP contribution in [-0.2, 0) is 13.1 Å². The predicted octanol–water partition coefficient (Wildman–Crippen LogP) is 3.45. The molecular formula is C16H18F2N2. The van der Waals surface area contributed by atoms with Gasteiger partial charge in [0.15, 0.2) is 0 Å². The molecule has 4 heteroatoms. The number of hydrogen-bond acceptors (Lipinski definition) is 2. The Bertz CT molecular complexity index is 584. The van der Waals surface area contributed by atoms with E-state index in [2.05, 4.69) is 0 Å². The Kier molecular flexibility index (Phi) is 4.69. The summed E-state index contributed by atoms with van der Waals surface area (Å²) in [5, 5.41) is 0. The lowest BCUT2D eigenvalue weighted by molar-refractivity contribution is 0.620. The van der Waals surface area contributed by atoms with E-state index >= 15 is 0 Å². The Labute approximate surface area is 117 Å². The Hall–Kier alpha value is -1.94. The molecule has 0 spiro atoms. The molecule has 0 aliphatic carbocycles. The molecule has 0 atom stereocenters. The zero-order valence-electron chi connectivity index (χ0n) is 11.4. The fraction of sp³-hybridized carbons (Fsp3) is 0.250. The van der Waals surface area contributed by atoms with Gasteiger partial charge in [0.2, 0.25) is 0 Å². The number of benzene rings is 2. The van der Waals surface area contributed by atoms with Gasteiger partial charge in [0.25, 0.3) is 0 Å². The summed E-state index contributed by atoms with van der Waals surface area (Å²) in [4.78, 5) is 1.98. The van der Waals surface area contributed by atoms with Gasteiger partial charge in [0.1, 0.15) is 11.6 Å². The highest BCUT2D eigenvalue weighted by Crippen LogP contribution is 2.19. The maximum atomic E-state index is 13.5. The molecule has 2 rings (SSSR count). The van der Waals surface area contributed by atoms with Crippen molar-refractivity contribution in [3.63, 3.8) is 0 Å². The van der Waals surface area contributed by atoms with Crippen LogP contribution < -0.4 is 10.6 Å². The average molecular weight is 276 g/mol. The molecular weight excluding hydrogens is 258 g/mol. The van der Waals surface area contributed by atoms with Crippen LogP contribution in [0.3, 0.4) is 0 Å². The first-order valence-electron chi connectivity index (χ1n) is 6.61. The first-order valence-corrected chi connectivity index (χ1v) is 6.61. The van der Waals surface area contributed by atoms with E-state index in [0.29, 0.717) is 19.6 Å². The van der Waals surface area contributed by atoms with Crippen LogP contribution in [0.4, 0.5) is 14.5 Å². The number of nitrogens with zero attached hydrogens (tertiary/aromatic N) is 1. The largest absolute Gasteiger partial charge is 0.367 e. The Morgan fingerprint density at radius 3 is 2.40 bits per heavy atom. The highest BCUT2D eigenvalue weighted by molar-refractivity contribution is 5.47. The number of halogens is 2. The second-order valence-corrected chi connectivity index (χ2v) is 4.67. The number of anilines is 1. The molecule has 20 heavy (non-hydrogen) atoms. The van der Waals surface area contributed by atoms with Crippen molar-refractivity contribution in [2.24, 2.45) is 5.73 Å². The molecule has 106 valence electrons. The van der Waals surface area contributed by atoms with Gasteiger partial charge in [-0.2, -0.15) is 0 Å². The van der Waals surface area contributed by atoms with Crippen LogP contribution >= 0.6 is 0 Å². The van der Waals surface area contributed by atoms with Crippen LogP contribution in [0.5, 0.6) is 0 Å². The minimum atomic E-state index is -0.293. The van der Waals surface area contributed by atoms with Crippen LogP contribution in [0.1, 0.15) is 18.1 Å². The fourth-order valence-corrected chi connectivity index (χ4v) is 2.21. The summed E-state index contributed by atoms with van der Waals surface area (Å²) in [5.74, 6) is -0.568. The highest BCUT2D eigenvalue weighted by Gasteiger charge is 2.08. The van der Waals surface area contributed by atoms with Gasteiger partial charge in [-0.1, -0.05) is 12.1 Å². The Balaban J connectivity index is 2.24. The van der Waals surface area contributed by atoms with Crippen molar-refractivity contribution in [1.29, 1.82) is 0 Å². The molecule has 2 aromatic carbocycles. The predicted molar refractivity (Wildman–Crippen MR) is 77.4 cm³/mol. The summed E-state index contributed by atoms with van der Waals surface area (Å²) >= 11 is 0. The van der Waals surface area contributed by atoms with Crippen LogP contribution in [0.2, 0.25) is 0 Å². The van der Waals surface area contributed by atoms with E-state index in [1.54, 1.807) is 6.07 Å². The number of hydrogen-bond donors (Lipinski definition) is 1. The molecule has 0 aliphatic heterocycles. The highest BCUT2D eigenvalue weighted by atomic mass is 19.1. The van der Waals surface area contributed by atoms with Crippen LogP contribution in [0.25, 0.3) is 0 Å². The molecule has 0 unspecified atom stereocenters. The third-order valence-corrected chi connectivity index (χ3v) is 3.18. The van der Waals surface area contributed by atoms with Gasteiger partial charge in [-0.15, -0.1) is 0 Å². The van der Waals surface area contributed by atoms with Gasteiger partial charge in [0.05, 0.1) is 0 Å².